The van der Waals surface area contributed by atoms with E-state index in [0.29, 0.717) is 15.6 Å². The number of hydrogen-bond donors (Lipinski definition) is 1. The van der Waals surface area contributed by atoms with Crippen LogP contribution >= 0.6 is 27.5 Å². The minimum atomic E-state index is -0.489. The molecule has 0 bridgehead atoms. The zero-order valence-corrected chi connectivity index (χ0v) is 8.69. The van der Waals surface area contributed by atoms with Crippen molar-refractivity contribution < 1.29 is 4.79 Å². The summed E-state index contributed by atoms with van der Waals surface area (Å²) in [6.07, 6.45) is 1.57. The van der Waals surface area contributed by atoms with Gasteiger partial charge in [-0.25, -0.2) is 4.98 Å². The van der Waals surface area contributed by atoms with Crippen molar-refractivity contribution in [1.29, 1.82) is 0 Å². The largest absolute Gasteiger partial charge is 0.345 e. The van der Waals surface area contributed by atoms with Crippen molar-refractivity contribution in [2.45, 2.75) is 0 Å². The predicted octanol–water partition coefficient (Wildman–Crippen LogP) is 2.70. The van der Waals surface area contributed by atoms with Gasteiger partial charge in [-0.05, 0) is 39.7 Å². The Morgan fingerprint density at radius 3 is 3.00 bits per heavy atom. The number of imidazole rings is 1. The van der Waals surface area contributed by atoms with E-state index < -0.39 is 5.24 Å². The number of aromatic amines is 1. The Morgan fingerprint density at radius 2 is 2.31 bits per heavy atom. The van der Waals surface area contributed by atoms with E-state index in [4.69, 9.17) is 11.6 Å². The molecule has 1 heterocycles. The summed E-state index contributed by atoms with van der Waals surface area (Å²) in [5.41, 5.74) is 2.02. The molecular weight excluding hydrogens is 255 g/mol. The van der Waals surface area contributed by atoms with E-state index in [1.54, 1.807) is 18.5 Å². The van der Waals surface area contributed by atoms with E-state index in [2.05, 4.69) is 25.9 Å². The second-order valence-electron chi connectivity index (χ2n) is 2.50. The molecule has 0 spiro atoms. The van der Waals surface area contributed by atoms with Crippen LogP contribution in [0.25, 0.3) is 11.0 Å². The summed E-state index contributed by atoms with van der Waals surface area (Å²) < 4.78 is 0.631. The molecule has 3 nitrogen and oxygen atoms in total. The molecule has 0 aliphatic heterocycles. The Morgan fingerprint density at radius 1 is 1.54 bits per heavy atom. The normalized spacial score (nSPS) is 10.6. The van der Waals surface area contributed by atoms with Crippen LogP contribution in [0.15, 0.2) is 22.9 Å². The van der Waals surface area contributed by atoms with Crippen LogP contribution in [0.5, 0.6) is 0 Å². The van der Waals surface area contributed by atoms with E-state index in [0.717, 1.165) is 5.52 Å². The molecule has 1 N–H and O–H groups in total. The zero-order valence-electron chi connectivity index (χ0n) is 6.34. The van der Waals surface area contributed by atoms with Crippen molar-refractivity contribution in [2.24, 2.45) is 0 Å². The standard InChI is InChI=1S/C8H4BrClN2O/c9-6-4(8(10)13)1-2-5-7(6)12-3-11-5/h1-3H,(H,11,12). The lowest BCUT2D eigenvalue weighted by molar-refractivity contribution is 0.108. The lowest BCUT2D eigenvalue weighted by Crippen LogP contribution is -1.90. The van der Waals surface area contributed by atoms with Gasteiger partial charge in [0.1, 0.15) is 5.52 Å². The van der Waals surface area contributed by atoms with E-state index in [1.165, 1.54) is 0 Å². The SMILES string of the molecule is O=C(Cl)c1ccc2[nH]cnc2c1Br. The van der Waals surface area contributed by atoms with Crippen LogP contribution in [0.2, 0.25) is 0 Å². The van der Waals surface area contributed by atoms with Crippen LogP contribution in [0, 0.1) is 0 Å². The van der Waals surface area contributed by atoms with Crippen LogP contribution in [0.1, 0.15) is 10.4 Å². The summed E-state index contributed by atoms with van der Waals surface area (Å²) in [6, 6.07) is 3.42. The minimum absolute atomic E-state index is 0.432. The van der Waals surface area contributed by atoms with Gasteiger partial charge in [0.05, 0.1) is 21.9 Å². The molecule has 0 aliphatic carbocycles. The zero-order chi connectivity index (χ0) is 9.42. The van der Waals surface area contributed by atoms with Crippen LogP contribution in [-0.4, -0.2) is 15.2 Å². The second-order valence-corrected chi connectivity index (χ2v) is 3.64. The molecule has 2 aromatic rings. The average Bonchev–Trinajstić information content (AvgIpc) is 2.52. The third-order valence-electron chi connectivity index (χ3n) is 1.74. The Hall–Kier alpha value is -0.870. The first-order valence-corrected chi connectivity index (χ1v) is 4.68. The third-order valence-corrected chi connectivity index (χ3v) is 2.75. The van der Waals surface area contributed by atoms with Gasteiger partial charge in [-0.2, -0.15) is 0 Å². The number of H-pyrrole nitrogens is 1. The highest BCUT2D eigenvalue weighted by molar-refractivity contribution is 9.10. The highest BCUT2D eigenvalue weighted by Crippen LogP contribution is 2.26. The van der Waals surface area contributed by atoms with Crippen molar-refractivity contribution in [3.05, 3.63) is 28.5 Å². The highest BCUT2D eigenvalue weighted by Gasteiger charge is 2.11. The molecule has 0 fully saturated rings. The maximum Gasteiger partial charge on any atom is 0.253 e. The van der Waals surface area contributed by atoms with Crippen LogP contribution in [0.4, 0.5) is 0 Å². The highest BCUT2D eigenvalue weighted by atomic mass is 79.9. The fraction of sp³-hybridized carbons (Fsp3) is 0. The summed E-state index contributed by atoms with van der Waals surface area (Å²) in [5.74, 6) is 0. The molecule has 1 aromatic heterocycles. The van der Waals surface area contributed by atoms with Gasteiger partial charge < -0.3 is 4.98 Å². The molecule has 0 atom stereocenters. The number of aromatic nitrogens is 2. The number of benzene rings is 1. The molecule has 2 rings (SSSR count). The lowest BCUT2D eigenvalue weighted by atomic mass is 10.2. The first-order valence-electron chi connectivity index (χ1n) is 3.51. The van der Waals surface area contributed by atoms with Crippen molar-refractivity contribution in [3.63, 3.8) is 0 Å². The van der Waals surface area contributed by atoms with Crippen molar-refractivity contribution in [3.8, 4) is 0 Å². The van der Waals surface area contributed by atoms with E-state index in [1.807, 2.05) is 0 Å². The molecule has 0 saturated heterocycles. The Bertz CT molecular complexity index is 480. The Balaban J connectivity index is 2.80. The van der Waals surface area contributed by atoms with E-state index >= 15 is 0 Å². The van der Waals surface area contributed by atoms with Gasteiger partial charge in [0.25, 0.3) is 5.24 Å². The van der Waals surface area contributed by atoms with Gasteiger partial charge in [-0.15, -0.1) is 0 Å². The molecule has 66 valence electrons. The average molecular weight is 259 g/mol. The summed E-state index contributed by atoms with van der Waals surface area (Å²) in [5, 5.41) is -0.489. The van der Waals surface area contributed by atoms with E-state index in [9.17, 15) is 4.79 Å². The molecule has 0 amide bonds. The second kappa shape index (κ2) is 3.12. The summed E-state index contributed by atoms with van der Waals surface area (Å²) in [4.78, 5) is 17.9. The van der Waals surface area contributed by atoms with Crippen LogP contribution in [-0.2, 0) is 0 Å². The summed E-state index contributed by atoms with van der Waals surface area (Å²) in [6.45, 7) is 0. The smallest absolute Gasteiger partial charge is 0.253 e. The molecule has 0 unspecified atom stereocenters. The lowest BCUT2D eigenvalue weighted by Gasteiger charge is -1.98. The molecule has 0 saturated carbocycles. The first kappa shape index (κ1) is 8.72. The van der Waals surface area contributed by atoms with Crippen LogP contribution in [0.3, 0.4) is 0 Å². The number of carbonyl (C=O) groups is 1. The fourth-order valence-corrected chi connectivity index (χ4v) is 2.03. The van der Waals surface area contributed by atoms with Crippen molar-refractivity contribution in [1.82, 2.24) is 9.97 Å². The van der Waals surface area contributed by atoms with Crippen molar-refractivity contribution >= 4 is 43.8 Å². The number of carbonyl (C=O) groups excluding carboxylic acids is 1. The van der Waals surface area contributed by atoms with Gasteiger partial charge in [-0.3, -0.25) is 4.79 Å². The third kappa shape index (κ3) is 1.36. The van der Waals surface area contributed by atoms with Gasteiger partial charge in [-0.1, -0.05) is 0 Å². The molecule has 5 heteroatoms. The molecule has 0 radical (unpaired) electrons. The Kier molecular flexibility index (Phi) is 2.09. The number of fused-ring (bicyclic) bond motifs is 1. The maximum atomic E-state index is 10.9. The van der Waals surface area contributed by atoms with Gasteiger partial charge in [0, 0.05) is 0 Å². The van der Waals surface area contributed by atoms with Gasteiger partial charge >= 0.3 is 0 Å². The minimum Gasteiger partial charge on any atom is -0.345 e. The monoisotopic (exact) mass is 258 g/mol. The quantitative estimate of drug-likeness (QED) is 0.800. The first-order chi connectivity index (χ1) is 6.20. The molecule has 1 aromatic carbocycles. The fourth-order valence-electron chi connectivity index (χ4n) is 1.13. The number of hydrogen-bond acceptors (Lipinski definition) is 2. The predicted molar refractivity (Wildman–Crippen MR) is 54.0 cm³/mol. The number of nitrogens with zero attached hydrogens (tertiary/aromatic N) is 1. The topological polar surface area (TPSA) is 45.8 Å². The van der Waals surface area contributed by atoms with Crippen LogP contribution < -0.4 is 0 Å². The molecule has 0 aliphatic rings. The van der Waals surface area contributed by atoms with Gasteiger partial charge in [0.2, 0.25) is 0 Å². The summed E-state index contributed by atoms with van der Waals surface area (Å²) in [7, 11) is 0. The number of halogens is 2. The number of rotatable bonds is 1. The Labute approximate surface area is 87.2 Å². The number of nitrogens with one attached hydrogen (secondary N) is 1. The molecule has 13 heavy (non-hydrogen) atoms. The summed E-state index contributed by atoms with van der Waals surface area (Å²) >= 11 is 8.64. The maximum absolute atomic E-state index is 10.9. The molecular formula is C8H4BrClN2O. The van der Waals surface area contributed by atoms with Crippen molar-refractivity contribution in [2.75, 3.05) is 0 Å². The van der Waals surface area contributed by atoms with Gasteiger partial charge in [0.15, 0.2) is 0 Å². The van der Waals surface area contributed by atoms with E-state index in [-0.39, 0.29) is 0 Å².